The van der Waals surface area contributed by atoms with Gasteiger partial charge in [0, 0.05) is 20.0 Å². The number of hydrogen-bond donors (Lipinski definition) is 0. The van der Waals surface area contributed by atoms with Crippen LogP contribution >= 0.6 is 0 Å². The Morgan fingerprint density at radius 2 is 1.83 bits per heavy atom. The molecular formula is C18H22N2O4. The number of amides is 3. The maximum absolute atomic E-state index is 12.4. The first kappa shape index (κ1) is 16.5. The molecule has 6 heteroatoms. The van der Waals surface area contributed by atoms with Gasteiger partial charge in [-0.05, 0) is 31.9 Å². The molecule has 0 spiro atoms. The summed E-state index contributed by atoms with van der Waals surface area (Å²) in [5, 5.41) is 0. The number of imide groups is 1. The van der Waals surface area contributed by atoms with Crippen molar-refractivity contribution in [2.24, 2.45) is 11.8 Å². The monoisotopic (exact) mass is 330 g/mol. The highest BCUT2D eigenvalue weighted by molar-refractivity contribution is 6.05. The first-order chi connectivity index (χ1) is 11.5. The molecule has 0 N–H and O–H groups in total. The minimum Gasteiger partial charge on any atom is -0.464 e. The normalized spacial score (nSPS) is 22.8. The van der Waals surface area contributed by atoms with Crippen LogP contribution < -0.4 is 0 Å². The smallest absolute Gasteiger partial charge is 0.233 e. The Bertz CT molecular complexity index is 665. The van der Waals surface area contributed by atoms with Crippen molar-refractivity contribution in [3.05, 3.63) is 35.8 Å². The van der Waals surface area contributed by atoms with Gasteiger partial charge >= 0.3 is 0 Å². The molecule has 0 saturated carbocycles. The summed E-state index contributed by atoms with van der Waals surface area (Å²) >= 11 is 0. The lowest BCUT2D eigenvalue weighted by Crippen LogP contribution is -2.36. The number of carbonyl (C=O) groups is 3. The highest BCUT2D eigenvalue weighted by atomic mass is 16.3. The second kappa shape index (κ2) is 6.63. The number of fused-ring (bicyclic) bond motifs is 1. The highest BCUT2D eigenvalue weighted by Gasteiger charge is 2.46. The molecule has 1 aromatic rings. The third-order valence-electron chi connectivity index (χ3n) is 4.76. The Kier molecular flexibility index (Phi) is 4.55. The summed E-state index contributed by atoms with van der Waals surface area (Å²) in [7, 11) is 1.69. The molecule has 0 aromatic carbocycles. The molecule has 1 aromatic heterocycles. The maximum Gasteiger partial charge on any atom is 0.233 e. The van der Waals surface area contributed by atoms with Gasteiger partial charge in [0.05, 0.1) is 18.4 Å². The topological polar surface area (TPSA) is 70.8 Å². The van der Waals surface area contributed by atoms with Crippen molar-refractivity contribution in [3.63, 3.8) is 0 Å². The Hall–Kier alpha value is -2.37. The van der Waals surface area contributed by atoms with Crippen LogP contribution in [0.1, 0.15) is 30.8 Å². The summed E-state index contributed by atoms with van der Waals surface area (Å²) < 4.78 is 5.46. The number of likely N-dealkylation sites (tertiary alicyclic amines) is 1. The number of allylic oxidation sites excluding steroid dienone is 2. The van der Waals surface area contributed by atoms with E-state index in [1.165, 1.54) is 4.90 Å². The van der Waals surface area contributed by atoms with Gasteiger partial charge in [-0.25, -0.2) is 0 Å². The van der Waals surface area contributed by atoms with Crippen LogP contribution in [-0.4, -0.2) is 41.1 Å². The molecule has 3 rings (SSSR count). The molecule has 0 bridgehead atoms. The quantitative estimate of drug-likeness (QED) is 0.610. The average Bonchev–Trinajstić information content (AvgIpc) is 3.08. The predicted octanol–water partition coefficient (Wildman–Crippen LogP) is 1.89. The third kappa shape index (κ3) is 3.13. The van der Waals surface area contributed by atoms with Gasteiger partial charge in [0.15, 0.2) is 0 Å². The van der Waals surface area contributed by atoms with E-state index in [-0.39, 0.29) is 42.5 Å². The van der Waals surface area contributed by atoms with E-state index in [9.17, 15) is 14.4 Å². The van der Waals surface area contributed by atoms with Crippen molar-refractivity contribution in [1.82, 2.24) is 9.80 Å². The molecule has 1 aliphatic heterocycles. The Morgan fingerprint density at radius 1 is 1.21 bits per heavy atom. The SMILES string of the molecule is Cc1ccc(CN(C)C(=O)CCN2C(=O)[C@H]3CC=CC[C@@H]3C2=O)o1. The van der Waals surface area contributed by atoms with E-state index in [1.54, 1.807) is 11.9 Å². The van der Waals surface area contributed by atoms with Crippen LogP contribution in [0.4, 0.5) is 0 Å². The molecule has 128 valence electrons. The third-order valence-corrected chi connectivity index (χ3v) is 4.76. The fraction of sp³-hybridized carbons (Fsp3) is 0.500. The first-order valence-electron chi connectivity index (χ1n) is 8.27. The zero-order valence-corrected chi connectivity index (χ0v) is 14.0. The fourth-order valence-electron chi connectivity index (χ4n) is 3.38. The van der Waals surface area contributed by atoms with Gasteiger partial charge in [0.1, 0.15) is 11.5 Å². The van der Waals surface area contributed by atoms with E-state index >= 15 is 0 Å². The van der Waals surface area contributed by atoms with Crippen LogP contribution in [0.3, 0.4) is 0 Å². The van der Waals surface area contributed by atoms with Crippen molar-refractivity contribution < 1.29 is 18.8 Å². The maximum atomic E-state index is 12.4. The largest absolute Gasteiger partial charge is 0.464 e. The van der Waals surface area contributed by atoms with Crippen LogP contribution in [0.2, 0.25) is 0 Å². The summed E-state index contributed by atoms with van der Waals surface area (Å²) in [6, 6.07) is 3.69. The Balaban J connectivity index is 1.54. The van der Waals surface area contributed by atoms with E-state index in [0.29, 0.717) is 25.1 Å². The summed E-state index contributed by atoms with van der Waals surface area (Å²) in [6.07, 6.45) is 5.30. The van der Waals surface area contributed by atoms with Crippen molar-refractivity contribution in [2.45, 2.75) is 32.7 Å². The molecule has 1 saturated heterocycles. The average molecular weight is 330 g/mol. The van der Waals surface area contributed by atoms with Gasteiger partial charge in [0.25, 0.3) is 0 Å². The van der Waals surface area contributed by atoms with Crippen LogP contribution in [-0.2, 0) is 20.9 Å². The standard InChI is InChI=1S/C18H22N2O4/c1-12-7-8-13(24-12)11-19(2)16(21)9-10-20-17(22)14-5-3-4-6-15(14)18(20)23/h3-4,7-8,14-15H,5-6,9-11H2,1-2H3/t14-,15-/m0/s1. The number of nitrogens with zero attached hydrogens (tertiary/aromatic N) is 2. The van der Waals surface area contributed by atoms with Crippen molar-refractivity contribution >= 4 is 17.7 Å². The van der Waals surface area contributed by atoms with Crippen LogP contribution in [0, 0.1) is 18.8 Å². The minimum atomic E-state index is -0.235. The number of aryl methyl sites for hydroxylation is 1. The van der Waals surface area contributed by atoms with Crippen molar-refractivity contribution in [2.75, 3.05) is 13.6 Å². The lowest BCUT2D eigenvalue weighted by molar-refractivity contribution is -0.140. The number of rotatable bonds is 5. The van der Waals surface area contributed by atoms with Crippen molar-refractivity contribution in [1.29, 1.82) is 0 Å². The molecule has 2 aliphatic rings. The molecule has 3 amide bonds. The number of hydrogen-bond acceptors (Lipinski definition) is 4. The molecule has 2 heterocycles. The Morgan fingerprint density at radius 3 is 2.38 bits per heavy atom. The zero-order valence-electron chi connectivity index (χ0n) is 14.0. The highest BCUT2D eigenvalue weighted by Crippen LogP contribution is 2.35. The lowest BCUT2D eigenvalue weighted by Gasteiger charge is -2.19. The van der Waals surface area contributed by atoms with E-state index in [1.807, 2.05) is 31.2 Å². The van der Waals surface area contributed by atoms with Gasteiger partial charge in [-0.15, -0.1) is 0 Å². The van der Waals surface area contributed by atoms with E-state index in [0.717, 1.165) is 5.76 Å². The molecule has 1 fully saturated rings. The molecular weight excluding hydrogens is 308 g/mol. The van der Waals surface area contributed by atoms with Crippen LogP contribution in [0.25, 0.3) is 0 Å². The van der Waals surface area contributed by atoms with Crippen molar-refractivity contribution in [3.8, 4) is 0 Å². The number of furan rings is 1. The molecule has 2 atom stereocenters. The summed E-state index contributed by atoms with van der Waals surface area (Å²) in [5.74, 6) is 0.669. The zero-order chi connectivity index (χ0) is 17.3. The molecule has 0 unspecified atom stereocenters. The van der Waals surface area contributed by atoms with Gasteiger partial charge in [-0.3, -0.25) is 19.3 Å². The summed E-state index contributed by atoms with van der Waals surface area (Å²) in [4.78, 5) is 39.8. The fourth-order valence-corrected chi connectivity index (χ4v) is 3.38. The van der Waals surface area contributed by atoms with E-state index in [4.69, 9.17) is 4.42 Å². The molecule has 1 aliphatic carbocycles. The molecule has 6 nitrogen and oxygen atoms in total. The molecule has 0 radical (unpaired) electrons. The number of carbonyl (C=O) groups excluding carboxylic acids is 3. The van der Waals surface area contributed by atoms with Crippen LogP contribution in [0.15, 0.2) is 28.7 Å². The second-order valence-electron chi connectivity index (χ2n) is 6.50. The molecule has 24 heavy (non-hydrogen) atoms. The van der Waals surface area contributed by atoms with E-state index < -0.39 is 0 Å². The van der Waals surface area contributed by atoms with Gasteiger partial charge in [-0.1, -0.05) is 12.2 Å². The van der Waals surface area contributed by atoms with Crippen LogP contribution in [0.5, 0.6) is 0 Å². The summed E-state index contributed by atoms with van der Waals surface area (Å²) in [6.45, 7) is 2.39. The van der Waals surface area contributed by atoms with Gasteiger partial charge in [0.2, 0.25) is 17.7 Å². The Labute approximate surface area is 141 Å². The van der Waals surface area contributed by atoms with Gasteiger partial charge in [-0.2, -0.15) is 0 Å². The van der Waals surface area contributed by atoms with E-state index in [2.05, 4.69) is 0 Å². The second-order valence-corrected chi connectivity index (χ2v) is 6.50. The summed E-state index contributed by atoms with van der Waals surface area (Å²) in [5.41, 5.74) is 0. The first-order valence-corrected chi connectivity index (χ1v) is 8.27. The lowest BCUT2D eigenvalue weighted by atomic mass is 9.85. The van der Waals surface area contributed by atoms with Gasteiger partial charge < -0.3 is 9.32 Å². The predicted molar refractivity (Wildman–Crippen MR) is 86.6 cm³/mol. The minimum absolute atomic E-state index is 0.113.